The summed E-state index contributed by atoms with van der Waals surface area (Å²) in [4.78, 5) is 0. The van der Waals surface area contributed by atoms with Crippen LogP contribution in [0.25, 0.3) is 0 Å². The van der Waals surface area contributed by atoms with Gasteiger partial charge >= 0.3 is 118 Å². The van der Waals surface area contributed by atoms with Crippen LogP contribution >= 0.6 is 0 Å². The van der Waals surface area contributed by atoms with Crippen molar-refractivity contribution in [3.8, 4) is 0 Å². The van der Waals surface area contributed by atoms with E-state index in [4.69, 9.17) is 0 Å². The molecule has 3 heteroatoms. The average Bonchev–Trinajstić information content (AvgIpc) is 2.66. The predicted molar refractivity (Wildman–Crippen MR) is 71.8 cm³/mol. The van der Waals surface area contributed by atoms with Crippen molar-refractivity contribution in [2.24, 2.45) is 0 Å². The van der Waals surface area contributed by atoms with Gasteiger partial charge in [-0.3, -0.25) is 0 Å². The average molecular weight is 344 g/mol. The molecule has 0 aliphatic heterocycles. The van der Waals surface area contributed by atoms with Crippen molar-refractivity contribution in [1.29, 1.82) is 0 Å². The molecule has 0 N–H and O–H groups in total. The van der Waals surface area contributed by atoms with Crippen LogP contribution < -0.4 is 9.41 Å². The summed E-state index contributed by atoms with van der Waals surface area (Å²) in [7, 11) is 0. The summed E-state index contributed by atoms with van der Waals surface area (Å²) in [6, 6.07) is 0. The van der Waals surface area contributed by atoms with Crippen LogP contribution in [0.15, 0.2) is 46.6 Å². The monoisotopic (exact) mass is 342 g/mol. The van der Waals surface area contributed by atoms with Gasteiger partial charge in [-0.15, -0.1) is 0 Å². The van der Waals surface area contributed by atoms with E-state index in [2.05, 4.69) is 65.8 Å². The molecule has 2 rings (SSSR count). The SMILES string of the molecule is CC1=C(C)[C](C)([Zr+2][C]2(C)C=CC(C)=C2C)C=C1.[F-].[F-]. The fourth-order valence-corrected chi connectivity index (χ4v) is 8.08. The zero-order chi connectivity index (χ0) is 12.8. The Kier molecular flexibility index (Phi) is 5.90. The minimum absolute atomic E-state index is 0. The largest absolute Gasteiger partial charge is 1.00 e. The molecule has 0 aromatic heterocycles. The quantitative estimate of drug-likeness (QED) is 0.619. The standard InChI is InChI=1S/2C8H11.2FH.Zr/c2*1-6-4-5-7(2)8(6)3;;;/h2*4-5H,1-3H3;2*1H;/q;;;;+2/p-2. The number of hydrogen-bond acceptors (Lipinski definition) is 0. The molecule has 0 amide bonds. The summed E-state index contributed by atoms with van der Waals surface area (Å²) in [6.07, 6.45) is 9.57. The van der Waals surface area contributed by atoms with E-state index < -0.39 is 23.2 Å². The molecule has 0 spiro atoms. The Hall–Kier alpha value is -0.297. The van der Waals surface area contributed by atoms with Crippen LogP contribution in [0.3, 0.4) is 0 Å². The number of allylic oxidation sites excluding steroid dienone is 8. The van der Waals surface area contributed by atoms with Crippen molar-refractivity contribution >= 4 is 0 Å². The van der Waals surface area contributed by atoms with E-state index in [0.29, 0.717) is 6.25 Å². The van der Waals surface area contributed by atoms with E-state index in [0.717, 1.165) is 0 Å². The molecule has 2 unspecified atom stereocenters. The van der Waals surface area contributed by atoms with Gasteiger partial charge in [0.15, 0.2) is 0 Å². The molecule has 2 aliphatic carbocycles. The fraction of sp³-hybridized carbons (Fsp3) is 0.500. The summed E-state index contributed by atoms with van der Waals surface area (Å²) in [5.74, 6) is 0. The van der Waals surface area contributed by atoms with Crippen molar-refractivity contribution < 1.29 is 32.6 Å². The number of hydrogen-bond donors (Lipinski definition) is 0. The third kappa shape index (κ3) is 3.07. The van der Waals surface area contributed by atoms with Gasteiger partial charge in [0.1, 0.15) is 0 Å². The second kappa shape index (κ2) is 5.99. The van der Waals surface area contributed by atoms with E-state index in [1.807, 2.05) is 0 Å². The maximum atomic E-state index is 2.46. The van der Waals surface area contributed by atoms with Crippen LogP contribution in [-0.4, -0.2) is 0 Å². The van der Waals surface area contributed by atoms with Gasteiger partial charge in [0.2, 0.25) is 0 Å². The third-order valence-electron chi connectivity index (χ3n) is 4.59. The van der Waals surface area contributed by atoms with Gasteiger partial charge in [0, 0.05) is 0 Å². The van der Waals surface area contributed by atoms with Crippen LogP contribution in [0.4, 0.5) is 0 Å². The zero-order valence-electron chi connectivity index (χ0n) is 12.6. The van der Waals surface area contributed by atoms with E-state index in [1.54, 1.807) is 11.1 Å². The Morgan fingerprint density at radius 2 is 1.05 bits per heavy atom. The smallest absolute Gasteiger partial charge is 1.00 e. The van der Waals surface area contributed by atoms with Gasteiger partial charge in [0.25, 0.3) is 0 Å². The Morgan fingerprint density at radius 3 is 1.26 bits per heavy atom. The minimum Gasteiger partial charge on any atom is -1.00 e. The van der Waals surface area contributed by atoms with Gasteiger partial charge in [-0.05, 0) is 0 Å². The van der Waals surface area contributed by atoms with E-state index >= 15 is 0 Å². The molecule has 2 atom stereocenters. The van der Waals surface area contributed by atoms with Crippen LogP contribution in [0, 0.1) is 0 Å². The molecule has 0 radical (unpaired) electrons. The normalized spacial score (nSPS) is 32.3. The first-order valence-corrected chi connectivity index (χ1v) is 8.78. The van der Waals surface area contributed by atoms with Gasteiger partial charge in [0.05, 0.1) is 0 Å². The Labute approximate surface area is 127 Å². The molecule has 0 aromatic rings. The van der Waals surface area contributed by atoms with Crippen LogP contribution in [0.1, 0.15) is 41.5 Å². The van der Waals surface area contributed by atoms with Crippen molar-refractivity contribution in [2.75, 3.05) is 0 Å². The van der Waals surface area contributed by atoms with E-state index in [9.17, 15) is 0 Å². The van der Waals surface area contributed by atoms with E-state index in [1.165, 1.54) is 11.1 Å². The molecular weight excluding hydrogens is 321 g/mol. The molecule has 0 nitrogen and oxygen atoms in total. The van der Waals surface area contributed by atoms with Crippen LogP contribution in [0.2, 0.25) is 6.25 Å². The van der Waals surface area contributed by atoms with Crippen molar-refractivity contribution in [1.82, 2.24) is 0 Å². The third-order valence-corrected chi connectivity index (χ3v) is 9.81. The van der Waals surface area contributed by atoms with Crippen LogP contribution in [0.5, 0.6) is 0 Å². The summed E-state index contributed by atoms with van der Waals surface area (Å²) in [5.41, 5.74) is 6.18. The molecule has 0 heterocycles. The van der Waals surface area contributed by atoms with Crippen molar-refractivity contribution in [3.05, 3.63) is 46.6 Å². The van der Waals surface area contributed by atoms with E-state index in [-0.39, 0.29) is 9.41 Å². The topological polar surface area (TPSA) is 0 Å². The molecule has 2 aliphatic rings. The second-order valence-electron chi connectivity index (χ2n) is 5.81. The summed E-state index contributed by atoms with van der Waals surface area (Å²) in [6.45, 7) is 14.0. The Morgan fingerprint density at radius 1 is 0.737 bits per heavy atom. The molecule has 0 saturated heterocycles. The van der Waals surface area contributed by atoms with Gasteiger partial charge < -0.3 is 9.41 Å². The summed E-state index contributed by atoms with van der Waals surface area (Å²) >= 11 is -0.603. The molecule has 0 saturated carbocycles. The summed E-state index contributed by atoms with van der Waals surface area (Å²) < 4.78 is 0.802. The number of halogens is 2. The molecule has 19 heavy (non-hydrogen) atoms. The molecular formula is C16H22F2Zr. The summed E-state index contributed by atoms with van der Waals surface area (Å²) in [5, 5.41) is 0. The molecule has 0 aromatic carbocycles. The molecule has 104 valence electrons. The Balaban J connectivity index is 0.00000162. The Bertz CT molecular complexity index is 441. The first kappa shape index (κ1) is 18.7. The number of rotatable bonds is 2. The van der Waals surface area contributed by atoms with Crippen LogP contribution in [-0.2, 0) is 23.2 Å². The molecule has 0 bridgehead atoms. The first-order valence-electron chi connectivity index (χ1n) is 6.32. The van der Waals surface area contributed by atoms with Gasteiger partial charge in [-0.2, -0.15) is 0 Å². The first-order chi connectivity index (χ1) is 7.78. The predicted octanol–water partition coefficient (Wildman–Crippen LogP) is -0.753. The molecule has 0 fully saturated rings. The maximum absolute atomic E-state index is 2.46. The van der Waals surface area contributed by atoms with Crippen molar-refractivity contribution in [3.63, 3.8) is 0 Å². The maximum Gasteiger partial charge on any atom is -1.00 e. The fourth-order valence-electron chi connectivity index (χ4n) is 2.71. The van der Waals surface area contributed by atoms with Crippen molar-refractivity contribution in [2.45, 2.75) is 47.8 Å². The second-order valence-corrected chi connectivity index (χ2v) is 11.5. The van der Waals surface area contributed by atoms with Gasteiger partial charge in [-0.1, -0.05) is 0 Å². The zero-order valence-corrected chi connectivity index (χ0v) is 15.0. The van der Waals surface area contributed by atoms with Gasteiger partial charge in [-0.25, -0.2) is 0 Å². The minimum atomic E-state index is -0.603.